The van der Waals surface area contributed by atoms with Crippen LogP contribution in [0.1, 0.15) is 40.0 Å². The zero-order valence-corrected chi connectivity index (χ0v) is 15.5. The number of rotatable bonds is 4. The van der Waals surface area contributed by atoms with Gasteiger partial charge in [0.05, 0.1) is 12.2 Å². The molecule has 2 aromatic heterocycles. The van der Waals surface area contributed by atoms with Crippen molar-refractivity contribution < 1.29 is 22.4 Å². The Labute approximate surface area is 168 Å². The second-order valence-electron chi connectivity index (χ2n) is 6.94. The Hall–Kier alpha value is -3.43. The normalized spacial score (nSPS) is 18.4. The van der Waals surface area contributed by atoms with Crippen LogP contribution in [0, 0.1) is 5.82 Å². The minimum atomic E-state index is -4.56. The molecule has 156 valence electrons. The topological polar surface area (TPSA) is 71.8 Å². The van der Waals surface area contributed by atoms with Crippen LogP contribution in [-0.2, 0) is 6.54 Å². The van der Waals surface area contributed by atoms with Crippen LogP contribution < -0.4 is 10.6 Å². The molecule has 1 aliphatic heterocycles. The lowest BCUT2D eigenvalue weighted by atomic mass is 9.96. The molecule has 0 aliphatic carbocycles. The van der Waals surface area contributed by atoms with Crippen LogP contribution >= 0.6 is 0 Å². The van der Waals surface area contributed by atoms with E-state index in [1.54, 1.807) is 24.5 Å². The molecule has 2 N–H and O–H groups in total. The number of aromatic nitrogens is 3. The minimum absolute atomic E-state index is 0.0000445. The first-order chi connectivity index (χ1) is 14.3. The van der Waals surface area contributed by atoms with Crippen molar-refractivity contribution in [3.63, 3.8) is 0 Å². The number of carbonyl (C=O) groups excluding carboxylic acids is 1. The van der Waals surface area contributed by atoms with Gasteiger partial charge in [-0.3, -0.25) is 9.78 Å². The predicted octanol–water partition coefficient (Wildman–Crippen LogP) is 4.01. The molecule has 2 atom stereocenters. The number of fused-ring (bicyclic) bond motifs is 1. The van der Waals surface area contributed by atoms with Gasteiger partial charge in [-0.15, -0.1) is 0 Å². The van der Waals surface area contributed by atoms with Crippen molar-refractivity contribution in [2.45, 2.75) is 31.2 Å². The average Bonchev–Trinajstić information content (AvgIpc) is 3.16. The number of halogens is 4. The number of amides is 1. The SMILES string of the molecule is O=C(NCc1cccnc1)c1cnn2c1N[C@H](c1ccc(F)cc1)C[C@@H]2C(F)(F)F. The largest absolute Gasteiger partial charge is 0.410 e. The van der Waals surface area contributed by atoms with Crippen molar-refractivity contribution in [3.8, 4) is 0 Å². The lowest BCUT2D eigenvalue weighted by molar-refractivity contribution is -0.173. The number of nitrogens with one attached hydrogen (secondary N) is 2. The molecule has 0 radical (unpaired) electrons. The van der Waals surface area contributed by atoms with Gasteiger partial charge in [-0.2, -0.15) is 18.3 Å². The maximum atomic E-state index is 13.7. The second kappa shape index (κ2) is 7.77. The summed E-state index contributed by atoms with van der Waals surface area (Å²) in [7, 11) is 0. The number of benzene rings is 1. The van der Waals surface area contributed by atoms with E-state index in [4.69, 9.17) is 0 Å². The third kappa shape index (κ3) is 3.98. The van der Waals surface area contributed by atoms with Crippen LogP contribution in [0.4, 0.5) is 23.4 Å². The third-order valence-corrected chi connectivity index (χ3v) is 4.93. The Morgan fingerprint density at radius 2 is 1.97 bits per heavy atom. The van der Waals surface area contributed by atoms with Gasteiger partial charge in [-0.25, -0.2) is 9.07 Å². The van der Waals surface area contributed by atoms with Crippen molar-refractivity contribution in [1.29, 1.82) is 0 Å². The Balaban J connectivity index is 1.62. The highest BCUT2D eigenvalue weighted by molar-refractivity contribution is 5.98. The van der Waals surface area contributed by atoms with Crippen molar-refractivity contribution in [2.75, 3.05) is 5.32 Å². The molecule has 1 aromatic carbocycles. The van der Waals surface area contributed by atoms with Crippen molar-refractivity contribution >= 4 is 11.7 Å². The van der Waals surface area contributed by atoms with E-state index in [-0.39, 0.29) is 24.3 Å². The zero-order valence-electron chi connectivity index (χ0n) is 15.5. The summed E-state index contributed by atoms with van der Waals surface area (Å²) in [5.41, 5.74) is 1.23. The summed E-state index contributed by atoms with van der Waals surface area (Å²) in [5.74, 6) is -1.07. The Kier molecular flexibility index (Phi) is 5.15. The summed E-state index contributed by atoms with van der Waals surface area (Å²) >= 11 is 0. The minimum Gasteiger partial charge on any atom is -0.363 e. The van der Waals surface area contributed by atoms with E-state index in [2.05, 4.69) is 20.7 Å². The van der Waals surface area contributed by atoms with Gasteiger partial charge in [-0.1, -0.05) is 18.2 Å². The molecule has 1 amide bonds. The van der Waals surface area contributed by atoms with Gasteiger partial charge in [0.15, 0.2) is 6.04 Å². The lowest BCUT2D eigenvalue weighted by Crippen LogP contribution is -2.36. The highest BCUT2D eigenvalue weighted by atomic mass is 19.4. The third-order valence-electron chi connectivity index (χ3n) is 4.93. The quantitative estimate of drug-likeness (QED) is 0.627. The van der Waals surface area contributed by atoms with E-state index in [1.807, 2.05) is 0 Å². The molecule has 4 rings (SSSR count). The van der Waals surface area contributed by atoms with Crippen molar-refractivity contribution in [3.05, 3.63) is 77.5 Å². The number of alkyl halides is 3. The van der Waals surface area contributed by atoms with E-state index >= 15 is 0 Å². The smallest absolute Gasteiger partial charge is 0.363 e. The molecule has 10 heteroatoms. The van der Waals surface area contributed by atoms with E-state index in [1.165, 1.54) is 24.3 Å². The first kappa shape index (κ1) is 19.9. The molecule has 1 aliphatic rings. The van der Waals surface area contributed by atoms with E-state index in [0.717, 1.165) is 16.4 Å². The average molecular weight is 419 g/mol. The van der Waals surface area contributed by atoms with Gasteiger partial charge < -0.3 is 10.6 Å². The summed E-state index contributed by atoms with van der Waals surface area (Å²) in [6.45, 7) is 0.168. The fourth-order valence-corrected chi connectivity index (χ4v) is 3.42. The monoisotopic (exact) mass is 419 g/mol. The number of pyridine rings is 1. The van der Waals surface area contributed by atoms with Crippen LogP contribution in [0.25, 0.3) is 0 Å². The van der Waals surface area contributed by atoms with E-state index in [0.29, 0.717) is 5.56 Å². The highest BCUT2D eigenvalue weighted by Crippen LogP contribution is 2.44. The number of hydrogen-bond acceptors (Lipinski definition) is 4. The van der Waals surface area contributed by atoms with Crippen LogP contribution in [0.3, 0.4) is 0 Å². The molecule has 30 heavy (non-hydrogen) atoms. The first-order valence-electron chi connectivity index (χ1n) is 9.16. The number of nitrogens with zero attached hydrogens (tertiary/aromatic N) is 3. The summed E-state index contributed by atoms with van der Waals surface area (Å²) in [4.78, 5) is 16.6. The summed E-state index contributed by atoms with van der Waals surface area (Å²) in [6, 6.07) is 6.04. The fraction of sp³-hybridized carbons (Fsp3) is 0.250. The number of carbonyl (C=O) groups is 1. The van der Waals surface area contributed by atoms with Gasteiger partial charge in [0.25, 0.3) is 5.91 Å². The standard InChI is InChI=1S/C20H17F4N5O/c21-14-5-3-13(4-6-14)16-8-17(20(22,23)24)29-18(28-16)15(11-27-29)19(30)26-10-12-2-1-7-25-9-12/h1-7,9,11,16-17,28H,8,10H2,(H,26,30)/t16-,17+/m0/s1. The highest BCUT2D eigenvalue weighted by Gasteiger charge is 2.47. The molecule has 0 spiro atoms. The summed E-state index contributed by atoms with van der Waals surface area (Å²) in [6.07, 6.45) is -0.607. The Bertz CT molecular complexity index is 1030. The molecule has 0 bridgehead atoms. The van der Waals surface area contributed by atoms with Gasteiger partial charge in [0, 0.05) is 25.4 Å². The molecule has 0 fully saturated rings. The maximum Gasteiger partial charge on any atom is 0.410 e. The molecule has 3 heterocycles. The van der Waals surface area contributed by atoms with Crippen molar-refractivity contribution in [2.24, 2.45) is 0 Å². The summed E-state index contributed by atoms with van der Waals surface area (Å²) < 4.78 is 55.1. The maximum absolute atomic E-state index is 13.7. The molecular weight excluding hydrogens is 402 g/mol. The Morgan fingerprint density at radius 3 is 2.63 bits per heavy atom. The fourth-order valence-electron chi connectivity index (χ4n) is 3.42. The van der Waals surface area contributed by atoms with Crippen LogP contribution in [-0.4, -0.2) is 26.8 Å². The molecular formula is C20H17F4N5O. The van der Waals surface area contributed by atoms with E-state index < -0.39 is 30.0 Å². The molecule has 0 unspecified atom stereocenters. The van der Waals surface area contributed by atoms with Gasteiger partial charge in [0.1, 0.15) is 17.2 Å². The Morgan fingerprint density at radius 1 is 1.20 bits per heavy atom. The van der Waals surface area contributed by atoms with Crippen LogP contribution in [0.5, 0.6) is 0 Å². The van der Waals surface area contributed by atoms with Gasteiger partial charge in [-0.05, 0) is 29.3 Å². The van der Waals surface area contributed by atoms with Gasteiger partial charge in [0.2, 0.25) is 0 Å². The van der Waals surface area contributed by atoms with Crippen LogP contribution in [0.15, 0.2) is 55.0 Å². The van der Waals surface area contributed by atoms with Crippen molar-refractivity contribution in [1.82, 2.24) is 20.1 Å². The molecule has 6 nitrogen and oxygen atoms in total. The first-order valence-corrected chi connectivity index (χ1v) is 9.16. The predicted molar refractivity (Wildman–Crippen MR) is 100 cm³/mol. The van der Waals surface area contributed by atoms with E-state index in [9.17, 15) is 22.4 Å². The summed E-state index contributed by atoms with van der Waals surface area (Å²) in [5, 5.41) is 9.46. The number of hydrogen-bond donors (Lipinski definition) is 2. The molecule has 3 aromatic rings. The second-order valence-corrected chi connectivity index (χ2v) is 6.94. The van der Waals surface area contributed by atoms with Crippen LogP contribution in [0.2, 0.25) is 0 Å². The molecule has 0 saturated carbocycles. The van der Waals surface area contributed by atoms with Gasteiger partial charge >= 0.3 is 6.18 Å². The number of anilines is 1. The molecule has 0 saturated heterocycles. The zero-order chi connectivity index (χ0) is 21.3. The lowest BCUT2D eigenvalue weighted by Gasteiger charge is -2.34.